The predicted molar refractivity (Wildman–Crippen MR) is 105 cm³/mol. The minimum Gasteiger partial charge on any atom is -0.378 e. The monoisotopic (exact) mass is 336 g/mol. The van der Waals surface area contributed by atoms with E-state index in [2.05, 4.69) is 13.8 Å². The van der Waals surface area contributed by atoms with Gasteiger partial charge in [0.05, 0.1) is 6.10 Å². The Bertz CT molecular complexity index is 284. The van der Waals surface area contributed by atoms with E-state index in [1.165, 1.54) is 103 Å². The Balaban J connectivity index is 1.52. The van der Waals surface area contributed by atoms with Gasteiger partial charge in [0.2, 0.25) is 0 Å². The average Bonchev–Trinajstić information content (AvgIpc) is 2.64. The molecule has 0 aromatic carbocycles. The van der Waals surface area contributed by atoms with Gasteiger partial charge in [-0.05, 0) is 62.7 Å². The molecule has 2 saturated carbocycles. The van der Waals surface area contributed by atoms with Crippen LogP contribution in [0.2, 0.25) is 0 Å². The van der Waals surface area contributed by atoms with Crippen molar-refractivity contribution in [2.24, 2.45) is 17.8 Å². The molecule has 0 unspecified atom stereocenters. The SMILES string of the molecule is CCCCCCCO[C@H]1CC[C@H]([C@H]2CC[C@H](CCCC)CC2)CC1. The third-order valence-corrected chi connectivity index (χ3v) is 6.84. The largest absolute Gasteiger partial charge is 0.378 e. The van der Waals surface area contributed by atoms with Crippen molar-refractivity contribution in [1.82, 2.24) is 0 Å². The van der Waals surface area contributed by atoms with Gasteiger partial charge in [0.25, 0.3) is 0 Å². The van der Waals surface area contributed by atoms with Crippen molar-refractivity contribution in [2.75, 3.05) is 6.61 Å². The maximum atomic E-state index is 6.16. The van der Waals surface area contributed by atoms with Crippen molar-refractivity contribution in [3.8, 4) is 0 Å². The van der Waals surface area contributed by atoms with Gasteiger partial charge in [-0.25, -0.2) is 0 Å². The predicted octanol–water partition coefficient (Wildman–Crippen LogP) is 7.53. The van der Waals surface area contributed by atoms with Gasteiger partial charge in [-0.3, -0.25) is 0 Å². The Morgan fingerprint density at radius 3 is 1.83 bits per heavy atom. The Morgan fingerprint density at radius 1 is 0.625 bits per heavy atom. The first-order valence-corrected chi connectivity index (χ1v) is 11.4. The van der Waals surface area contributed by atoms with Crippen LogP contribution < -0.4 is 0 Å². The molecule has 2 fully saturated rings. The molecule has 1 heteroatoms. The van der Waals surface area contributed by atoms with Crippen LogP contribution in [0, 0.1) is 17.8 Å². The van der Waals surface area contributed by atoms with Crippen LogP contribution in [-0.4, -0.2) is 12.7 Å². The van der Waals surface area contributed by atoms with Crippen molar-refractivity contribution >= 4 is 0 Å². The first kappa shape index (κ1) is 20.3. The minimum absolute atomic E-state index is 0.591. The van der Waals surface area contributed by atoms with Gasteiger partial charge >= 0.3 is 0 Å². The summed E-state index contributed by atoms with van der Waals surface area (Å²) in [6.07, 6.45) is 23.4. The molecule has 0 radical (unpaired) electrons. The molecule has 0 heterocycles. The van der Waals surface area contributed by atoms with Gasteiger partial charge in [-0.2, -0.15) is 0 Å². The van der Waals surface area contributed by atoms with Crippen LogP contribution in [0.1, 0.15) is 117 Å². The molecule has 0 bridgehead atoms. The molecule has 2 aliphatic rings. The van der Waals surface area contributed by atoms with Gasteiger partial charge in [0, 0.05) is 6.61 Å². The van der Waals surface area contributed by atoms with Crippen molar-refractivity contribution < 1.29 is 4.74 Å². The Hall–Kier alpha value is -0.0400. The second-order valence-electron chi connectivity index (χ2n) is 8.74. The molecule has 0 amide bonds. The van der Waals surface area contributed by atoms with Crippen LogP contribution >= 0.6 is 0 Å². The summed E-state index contributed by atoms with van der Waals surface area (Å²) in [5.74, 6) is 3.15. The standard InChI is InChI=1S/C23H44O/c1-3-5-7-8-9-19-24-23-17-15-22(16-18-23)21-13-11-20(12-14-21)10-6-4-2/h20-23H,3-19H2,1-2H3/t20-,21-,22-,23-. The van der Waals surface area contributed by atoms with E-state index in [9.17, 15) is 0 Å². The van der Waals surface area contributed by atoms with Gasteiger partial charge in [-0.1, -0.05) is 71.6 Å². The number of ether oxygens (including phenoxy) is 1. The maximum Gasteiger partial charge on any atom is 0.0575 e. The number of unbranched alkanes of at least 4 members (excludes halogenated alkanes) is 5. The zero-order valence-electron chi connectivity index (χ0n) is 16.7. The summed E-state index contributed by atoms with van der Waals surface area (Å²) in [6.45, 7) is 5.63. The van der Waals surface area contributed by atoms with Crippen LogP contribution in [0.4, 0.5) is 0 Å². The van der Waals surface area contributed by atoms with Crippen LogP contribution in [0.5, 0.6) is 0 Å². The smallest absolute Gasteiger partial charge is 0.0575 e. The quantitative estimate of drug-likeness (QED) is 0.354. The van der Waals surface area contributed by atoms with E-state index in [1.807, 2.05) is 0 Å². The third kappa shape index (κ3) is 7.46. The fourth-order valence-electron chi connectivity index (χ4n) is 5.12. The van der Waals surface area contributed by atoms with Crippen LogP contribution in [0.25, 0.3) is 0 Å². The lowest BCUT2D eigenvalue weighted by Gasteiger charge is -2.37. The molecule has 0 atom stereocenters. The number of rotatable bonds is 11. The van der Waals surface area contributed by atoms with Crippen LogP contribution in [-0.2, 0) is 4.74 Å². The molecule has 0 spiro atoms. The molecule has 0 N–H and O–H groups in total. The molecule has 0 aromatic heterocycles. The molecule has 0 aromatic rings. The molecule has 0 saturated heterocycles. The lowest BCUT2D eigenvalue weighted by molar-refractivity contribution is 0.00528. The van der Waals surface area contributed by atoms with E-state index in [4.69, 9.17) is 4.74 Å². The summed E-state index contributed by atoms with van der Waals surface area (Å²) in [4.78, 5) is 0. The summed E-state index contributed by atoms with van der Waals surface area (Å²) in [6, 6.07) is 0. The third-order valence-electron chi connectivity index (χ3n) is 6.84. The van der Waals surface area contributed by atoms with E-state index in [-0.39, 0.29) is 0 Å². The molecule has 142 valence electrons. The van der Waals surface area contributed by atoms with Crippen LogP contribution in [0.15, 0.2) is 0 Å². The van der Waals surface area contributed by atoms with Crippen molar-refractivity contribution in [3.63, 3.8) is 0 Å². The molecular weight excluding hydrogens is 292 g/mol. The molecule has 24 heavy (non-hydrogen) atoms. The first-order chi connectivity index (χ1) is 11.8. The zero-order chi connectivity index (χ0) is 17.0. The van der Waals surface area contributed by atoms with Crippen LogP contribution in [0.3, 0.4) is 0 Å². The normalized spacial score (nSPS) is 31.2. The summed E-state index contributed by atoms with van der Waals surface area (Å²) < 4.78 is 6.16. The summed E-state index contributed by atoms with van der Waals surface area (Å²) >= 11 is 0. The highest BCUT2D eigenvalue weighted by Crippen LogP contribution is 2.41. The van der Waals surface area contributed by atoms with Crippen molar-refractivity contribution in [2.45, 2.75) is 123 Å². The molecule has 2 aliphatic carbocycles. The van der Waals surface area contributed by atoms with E-state index in [0.717, 1.165) is 24.4 Å². The minimum atomic E-state index is 0.591. The number of hydrogen-bond donors (Lipinski definition) is 0. The van der Waals surface area contributed by atoms with Crippen molar-refractivity contribution in [1.29, 1.82) is 0 Å². The fourth-order valence-corrected chi connectivity index (χ4v) is 5.12. The second-order valence-corrected chi connectivity index (χ2v) is 8.74. The van der Waals surface area contributed by atoms with Crippen molar-refractivity contribution in [3.05, 3.63) is 0 Å². The Morgan fingerprint density at radius 2 is 1.21 bits per heavy atom. The van der Waals surface area contributed by atoms with Gasteiger partial charge < -0.3 is 4.74 Å². The maximum absolute atomic E-state index is 6.16. The topological polar surface area (TPSA) is 9.23 Å². The van der Waals surface area contributed by atoms with Gasteiger partial charge in [-0.15, -0.1) is 0 Å². The summed E-state index contributed by atoms with van der Waals surface area (Å²) in [7, 11) is 0. The fraction of sp³-hybridized carbons (Fsp3) is 1.00. The Kier molecular flexibility index (Phi) is 10.4. The molecule has 2 rings (SSSR count). The van der Waals surface area contributed by atoms with Gasteiger partial charge in [0.1, 0.15) is 0 Å². The van der Waals surface area contributed by atoms with E-state index in [1.54, 1.807) is 0 Å². The van der Waals surface area contributed by atoms with E-state index in [0.29, 0.717) is 6.10 Å². The van der Waals surface area contributed by atoms with E-state index >= 15 is 0 Å². The lowest BCUT2D eigenvalue weighted by Crippen LogP contribution is -2.28. The van der Waals surface area contributed by atoms with Gasteiger partial charge in [0.15, 0.2) is 0 Å². The lowest BCUT2D eigenvalue weighted by atomic mass is 9.70. The first-order valence-electron chi connectivity index (χ1n) is 11.4. The average molecular weight is 337 g/mol. The summed E-state index contributed by atoms with van der Waals surface area (Å²) in [5.41, 5.74) is 0. The van der Waals surface area contributed by atoms with E-state index < -0.39 is 0 Å². The molecule has 0 aliphatic heterocycles. The zero-order valence-corrected chi connectivity index (χ0v) is 16.7. The number of hydrogen-bond acceptors (Lipinski definition) is 1. The highest BCUT2D eigenvalue weighted by atomic mass is 16.5. The highest BCUT2D eigenvalue weighted by Gasteiger charge is 2.30. The molecular formula is C23H44O. The summed E-state index contributed by atoms with van der Waals surface area (Å²) in [5, 5.41) is 0. The Labute approximate surface area is 152 Å². The molecule has 1 nitrogen and oxygen atoms in total. The second kappa shape index (κ2) is 12.3. The highest BCUT2D eigenvalue weighted by molar-refractivity contribution is 4.82.